The van der Waals surface area contributed by atoms with Crippen LogP contribution >= 0.6 is 0 Å². The molecule has 0 spiro atoms. The highest BCUT2D eigenvalue weighted by atomic mass is 16.5. The maximum atomic E-state index is 11.2. The van der Waals surface area contributed by atoms with Gasteiger partial charge in [-0.3, -0.25) is 9.69 Å². The quantitative estimate of drug-likeness (QED) is 0.660. The van der Waals surface area contributed by atoms with Crippen LogP contribution in [0.1, 0.15) is 6.92 Å². The number of nitrogens with zero attached hydrogens (tertiary/aromatic N) is 2. The third-order valence-corrected chi connectivity index (χ3v) is 2.78. The molecule has 1 fully saturated rings. The molecule has 16 heavy (non-hydrogen) atoms. The fourth-order valence-corrected chi connectivity index (χ4v) is 1.67. The summed E-state index contributed by atoms with van der Waals surface area (Å²) in [6.45, 7) is 8.74. The van der Waals surface area contributed by atoms with E-state index in [9.17, 15) is 4.79 Å². The van der Waals surface area contributed by atoms with E-state index in [0.29, 0.717) is 6.61 Å². The van der Waals surface area contributed by atoms with Crippen LogP contribution in [0.3, 0.4) is 0 Å². The molecule has 1 rings (SSSR count). The number of nitrogens with one attached hydrogen (secondary N) is 1. The third-order valence-electron chi connectivity index (χ3n) is 2.78. The molecule has 0 saturated carbocycles. The van der Waals surface area contributed by atoms with Gasteiger partial charge in [-0.25, -0.2) is 0 Å². The first kappa shape index (κ1) is 13.4. The van der Waals surface area contributed by atoms with Crippen molar-refractivity contribution in [1.82, 2.24) is 15.1 Å². The molecule has 0 aromatic rings. The lowest BCUT2D eigenvalue weighted by atomic mass is 10.3. The van der Waals surface area contributed by atoms with E-state index < -0.39 is 0 Å². The second-order valence-electron chi connectivity index (χ2n) is 4.13. The highest BCUT2D eigenvalue weighted by Crippen LogP contribution is 1.97. The van der Waals surface area contributed by atoms with Crippen molar-refractivity contribution in [2.24, 2.45) is 0 Å². The molecule has 1 heterocycles. The monoisotopic (exact) mass is 229 g/mol. The zero-order valence-electron chi connectivity index (χ0n) is 10.4. The second kappa shape index (κ2) is 7.60. The van der Waals surface area contributed by atoms with Crippen molar-refractivity contribution in [1.29, 1.82) is 0 Å². The summed E-state index contributed by atoms with van der Waals surface area (Å²) in [6, 6.07) is 0. The summed E-state index contributed by atoms with van der Waals surface area (Å²) in [4.78, 5) is 15.9. The Hall–Kier alpha value is -0.650. The van der Waals surface area contributed by atoms with Crippen LogP contribution in [0.2, 0.25) is 0 Å². The minimum Gasteiger partial charge on any atom is -0.372 e. The molecular weight excluding hydrogens is 206 g/mol. The molecule has 5 nitrogen and oxygen atoms in total. The number of piperazine rings is 1. The Morgan fingerprint density at radius 1 is 1.31 bits per heavy atom. The smallest absolute Gasteiger partial charge is 0.246 e. The average Bonchev–Trinajstić information content (AvgIpc) is 2.29. The predicted octanol–water partition coefficient (Wildman–Crippen LogP) is -0.613. The van der Waals surface area contributed by atoms with Gasteiger partial charge in [-0.15, -0.1) is 0 Å². The number of carbonyl (C=O) groups is 1. The lowest BCUT2D eigenvalue weighted by Crippen LogP contribution is -2.47. The number of hydrogen-bond donors (Lipinski definition) is 1. The van der Waals surface area contributed by atoms with Crippen molar-refractivity contribution < 1.29 is 9.53 Å². The van der Waals surface area contributed by atoms with Gasteiger partial charge in [0.1, 0.15) is 6.61 Å². The Kier molecular flexibility index (Phi) is 6.37. The van der Waals surface area contributed by atoms with Crippen molar-refractivity contribution in [3.8, 4) is 0 Å². The van der Waals surface area contributed by atoms with Gasteiger partial charge in [0.15, 0.2) is 0 Å². The maximum Gasteiger partial charge on any atom is 0.246 e. The van der Waals surface area contributed by atoms with Crippen molar-refractivity contribution in [3.05, 3.63) is 0 Å². The number of likely N-dealkylation sites (N-methyl/N-ethyl adjacent to an activating group) is 1. The largest absolute Gasteiger partial charge is 0.372 e. The van der Waals surface area contributed by atoms with E-state index >= 15 is 0 Å². The van der Waals surface area contributed by atoms with Gasteiger partial charge in [0.05, 0.1) is 0 Å². The van der Waals surface area contributed by atoms with E-state index in [1.807, 2.05) is 6.92 Å². The zero-order chi connectivity index (χ0) is 11.8. The fourth-order valence-electron chi connectivity index (χ4n) is 1.67. The topological polar surface area (TPSA) is 44.8 Å². The lowest BCUT2D eigenvalue weighted by molar-refractivity contribution is -0.125. The summed E-state index contributed by atoms with van der Waals surface area (Å²) in [7, 11) is 2.14. The number of ether oxygens (including phenoxy) is 1. The molecule has 0 atom stereocenters. The Bertz CT molecular complexity index is 203. The van der Waals surface area contributed by atoms with Gasteiger partial charge < -0.3 is 15.0 Å². The molecule has 1 saturated heterocycles. The third kappa shape index (κ3) is 5.44. The molecule has 5 heteroatoms. The first-order chi connectivity index (χ1) is 7.72. The second-order valence-corrected chi connectivity index (χ2v) is 4.13. The normalized spacial score (nSPS) is 18.6. The van der Waals surface area contributed by atoms with Crippen LogP contribution in [0.4, 0.5) is 0 Å². The summed E-state index contributed by atoms with van der Waals surface area (Å²) in [5.74, 6) is -0.0176. The zero-order valence-corrected chi connectivity index (χ0v) is 10.4. The predicted molar refractivity (Wildman–Crippen MR) is 63.4 cm³/mol. The Morgan fingerprint density at radius 3 is 2.62 bits per heavy atom. The van der Waals surface area contributed by atoms with Gasteiger partial charge in [0.2, 0.25) is 5.91 Å². The van der Waals surface area contributed by atoms with Crippen molar-refractivity contribution in [2.75, 3.05) is 59.5 Å². The van der Waals surface area contributed by atoms with Crippen LogP contribution in [-0.4, -0.2) is 75.2 Å². The number of carbonyl (C=O) groups excluding carboxylic acids is 1. The van der Waals surface area contributed by atoms with Crippen LogP contribution in [-0.2, 0) is 9.53 Å². The van der Waals surface area contributed by atoms with Gasteiger partial charge in [-0.1, -0.05) is 0 Å². The van der Waals surface area contributed by atoms with Gasteiger partial charge in [-0.05, 0) is 14.0 Å². The van der Waals surface area contributed by atoms with Gasteiger partial charge in [-0.2, -0.15) is 0 Å². The highest BCUT2D eigenvalue weighted by molar-refractivity contribution is 5.77. The van der Waals surface area contributed by atoms with Crippen LogP contribution in [0.25, 0.3) is 0 Å². The Morgan fingerprint density at radius 2 is 2.00 bits per heavy atom. The van der Waals surface area contributed by atoms with Gasteiger partial charge in [0, 0.05) is 45.9 Å². The molecule has 1 aliphatic rings. The molecule has 1 N–H and O–H groups in total. The number of rotatable bonds is 6. The van der Waals surface area contributed by atoms with E-state index in [0.717, 1.165) is 39.3 Å². The van der Waals surface area contributed by atoms with Crippen molar-refractivity contribution in [3.63, 3.8) is 0 Å². The molecule has 1 amide bonds. The molecule has 0 aromatic carbocycles. The molecule has 0 aliphatic carbocycles. The fraction of sp³-hybridized carbons (Fsp3) is 0.909. The maximum absolute atomic E-state index is 11.2. The first-order valence-electron chi connectivity index (χ1n) is 5.97. The summed E-state index contributed by atoms with van der Waals surface area (Å²) in [5, 5.41) is 2.86. The number of amides is 1. The van der Waals surface area contributed by atoms with E-state index in [1.54, 1.807) is 0 Å². The molecule has 0 radical (unpaired) electrons. The van der Waals surface area contributed by atoms with E-state index in [2.05, 4.69) is 22.2 Å². The summed E-state index contributed by atoms with van der Waals surface area (Å²) in [5.41, 5.74) is 0. The van der Waals surface area contributed by atoms with Crippen molar-refractivity contribution in [2.45, 2.75) is 6.92 Å². The van der Waals surface area contributed by atoms with E-state index in [-0.39, 0.29) is 12.5 Å². The standard InChI is InChI=1S/C11H23N3O2/c1-3-16-10-11(15)12-4-5-14-8-6-13(2)7-9-14/h3-10H2,1-2H3,(H,12,15). The SMILES string of the molecule is CCOCC(=O)NCCN1CCN(C)CC1. The van der Waals surface area contributed by atoms with Crippen LogP contribution in [0, 0.1) is 0 Å². The molecule has 1 aliphatic heterocycles. The average molecular weight is 229 g/mol. The van der Waals surface area contributed by atoms with Crippen LogP contribution in [0.5, 0.6) is 0 Å². The van der Waals surface area contributed by atoms with Gasteiger partial charge >= 0.3 is 0 Å². The molecule has 94 valence electrons. The summed E-state index contributed by atoms with van der Waals surface area (Å²) >= 11 is 0. The lowest BCUT2D eigenvalue weighted by Gasteiger charge is -2.32. The minimum atomic E-state index is -0.0176. The molecule has 0 bridgehead atoms. The van der Waals surface area contributed by atoms with Gasteiger partial charge in [0.25, 0.3) is 0 Å². The summed E-state index contributed by atoms with van der Waals surface area (Å²) in [6.07, 6.45) is 0. The van der Waals surface area contributed by atoms with Crippen LogP contribution in [0.15, 0.2) is 0 Å². The van der Waals surface area contributed by atoms with Crippen LogP contribution < -0.4 is 5.32 Å². The Balaban J connectivity index is 2.00. The summed E-state index contributed by atoms with van der Waals surface area (Å²) < 4.78 is 5.02. The Labute approximate surface area is 97.7 Å². The van der Waals surface area contributed by atoms with E-state index in [1.165, 1.54) is 0 Å². The molecular formula is C11H23N3O2. The van der Waals surface area contributed by atoms with E-state index in [4.69, 9.17) is 4.74 Å². The molecule has 0 unspecified atom stereocenters. The highest BCUT2D eigenvalue weighted by Gasteiger charge is 2.13. The van der Waals surface area contributed by atoms with Crippen molar-refractivity contribution >= 4 is 5.91 Å². The molecule has 0 aromatic heterocycles. The first-order valence-corrected chi connectivity index (χ1v) is 5.97. The number of hydrogen-bond acceptors (Lipinski definition) is 4. The minimum absolute atomic E-state index is 0.0176.